The van der Waals surface area contributed by atoms with Gasteiger partial charge in [-0.3, -0.25) is 4.79 Å². The molecule has 23 heavy (non-hydrogen) atoms. The molecule has 0 unspecified atom stereocenters. The van der Waals surface area contributed by atoms with Crippen molar-refractivity contribution in [2.75, 3.05) is 5.32 Å². The SMILES string of the molecule is Cc1cc(NC(=O)c2cc(C)oc2C)n(-c2ccc(Cl)cc2)n1. The number of amides is 1. The molecule has 6 heteroatoms. The van der Waals surface area contributed by atoms with Gasteiger partial charge in [-0.15, -0.1) is 0 Å². The number of nitrogens with one attached hydrogen (secondary N) is 1. The molecule has 0 aliphatic heterocycles. The van der Waals surface area contributed by atoms with Crippen LogP contribution in [0.15, 0.2) is 40.8 Å². The van der Waals surface area contributed by atoms with E-state index in [-0.39, 0.29) is 5.91 Å². The van der Waals surface area contributed by atoms with Crippen LogP contribution >= 0.6 is 11.6 Å². The minimum atomic E-state index is -0.227. The number of nitrogens with zero attached hydrogens (tertiary/aromatic N) is 2. The third kappa shape index (κ3) is 3.14. The quantitative estimate of drug-likeness (QED) is 0.779. The van der Waals surface area contributed by atoms with Gasteiger partial charge in [-0.2, -0.15) is 5.10 Å². The second-order valence-corrected chi connectivity index (χ2v) is 5.78. The van der Waals surface area contributed by atoms with Crippen LogP contribution in [0.5, 0.6) is 0 Å². The summed E-state index contributed by atoms with van der Waals surface area (Å²) in [7, 11) is 0. The molecule has 0 fully saturated rings. The summed E-state index contributed by atoms with van der Waals surface area (Å²) in [5, 5.41) is 7.95. The first-order valence-electron chi connectivity index (χ1n) is 7.15. The lowest BCUT2D eigenvalue weighted by Gasteiger charge is -2.08. The number of halogens is 1. The Morgan fingerprint density at radius 1 is 1.17 bits per heavy atom. The lowest BCUT2D eigenvalue weighted by molar-refractivity contribution is 0.102. The Bertz CT molecular complexity index is 863. The maximum Gasteiger partial charge on any atom is 0.260 e. The highest BCUT2D eigenvalue weighted by Crippen LogP contribution is 2.21. The number of anilines is 1. The molecule has 5 nitrogen and oxygen atoms in total. The highest BCUT2D eigenvalue weighted by Gasteiger charge is 2.16. The molecule has 0 aliphatic rings. The standard InChI is InChI=1S/C17H16ClN3O2/c1-10-8-16(19-17(22)15-9-11(2)23-12(15)3)21(20-10)14-6-4-13(18)5-7-14/h4-9H,1-3H3,(H,19,22). The maximum absolute atomic E-state index is 12.5. The predicted octanol–water partition coefficient (Wildman–Crippen LogP) is 4.30. The van der Waals surface area contributed by atoms with E-state index in [0.717, 1.165) is 11.4 Å². The van der Waals surface area contributed by atoms with Crippen molar-refractivity contribution in [3.8, 4) is 5.69 Å². The van der Waals surface area contributed by atoms with Gasteiger partial charge in [0.05, 0.1) is 16.9 Å². The molecular weight excluding hydrogens is 314 g/mol. The van der Waals surface area contributed by atoms with E-state index in [1.165, 1.54) is 0 Å². The fourth-order valence-corrected chi connectivity index (χ4v) is 2.53. The third-order valence-corrected chi connectivity index (χ3v) is 3.68. The molecule has 0 saturated carbocycles. The summed E-state index contributed by atoms with van der Waals surface area (Å²) in [6, 6.07) is 10.8. The number of furan rings is 1. The van der Waals surface area contributed by atoms with Crippen molar-refractivity contribution in [3.05, 3.63) is 64.2 Å². The average molecular weight is 330 g/mol. The van der Waals surface area contributed by atoms with Crippen molar-refractivity contribution in [3.63, 3.8) is 0 Å². The van der Waals surface area contributed by atoms with E-state index in [1.807, 2.05) is 32.0 Å². The van der Waals surface area contributed by atoms with Gasteiger partial charge in [-0.25, -0.2) is 4.68 Å². The van der Waals surface area contributed by atoms with Crippen molar-refractivity contribution in [1.82, 2.24) is 9.78 Å². The minimum absolute atomic E-state index is 0.227. The van der Waals surface area contributed by atoms with E-state index in [2.05, 4.69) is 10.4 Å². The van der Waals surface area contributed by atoms with Gasteiger partial charge in [0.1, 0.15) is 17.3 Å². The van der Waals surface area contributed by atoms with Gasteiger partial charge in [-0.1, -0.05) is 11.6 Å². The zero-order chi connectivity index (χ0) is 16.6. The van der Waals surface area contributed by atoms with Crippen LogP contribution in [0.1, 0.15) is 27.6 Å². The largest absolute Gasteiger partial charge is 0.466 e. The zero-order valence-electron chi connectivity index (χ0n) is 13.1. The summed E-state index contributed by atoms with van der Waals surface area (Å²) < 4.78 is 7.08. The Kier molecular flexibility index (Phi) is 3.96. The summed E-state index contributed by atoms with van der Waals surface area (Å²) in [6.07, 6.45) is 0. The van der Waals surface area contributed by atoms with Crippen molar-refractivity contribution in [2.24, 2.45) is 0 Å². The summed E-state index contributed by atoms with van der Waals surface area (Å²) in [4.78, 5) is 12.5. The van der Waals surface area contributed by atoms with Crippen LogP contribution in [0.4, 0.5) is 5.82 Å². The Morgan fingerprint density at radius 3 is 2.48 bits per heavy atom. The highest BCUT2D eigenvalue weighted by atomic mass is 35.5. The van der Waals surface area contributed by atoms with E-state index in [4.69, 9.17) is 16.0 Å². The highest BCUT2D eigenvalue weighted by molar-refractivity contribution is 6.30. The van der Waals surface area contributed by atoms with Crippen LogP contribution in [0, 0.1) is 20.8 Å². The van der Waals surface area contributed by atoms with Crippen LogP contribution in [0.25, 0.3) is 5.69 Å². The summed E-state index contributed by atoms with van der Waals surface area (Å²) in [5.74, 6) is 1.66. The van der Waals surface area contributed by atoms with Crippen molar-refractivity contribution in [2.45, 2.75) is 20.8 Å². The number of benzene rings is 1. The van der Waals surface area contributed by atoms with E-state index in [1.54, 1.807) is 29.8 Å². The third-order valence-electron chi connectivity index (χ3n) is 3.43. The molecule has 2 heterocycles. The predicted molar refractivity (Wildman–Crippen MR) is 89.4 cm³/mol. The van der Waals surface area contributed by atoms with Gasteiger partial charge in [0.15, 0.2) is 0 Å². The molecular formula is C17H16ClN3O2. The Hall–Kier alpha value is -2.53. The molecule has 2 aromatic heterocycles. The first kappa shape index (κ1) is 15.4. The molecule has 0 spiro atoms. The average Bonchev–Trinajstić information content (AvgIpc) is 3.02. The van der Waals surface area contributed by atoms with Crippen LogP contribution < -0.4 is 5.32 Å². The molecule has 1 aromatic carbocycles. The maximum atomic E-state index is 12.5. The smallest absolute Gasteiger partial charge is 0.260 e. The zero-order valence-corrected chi connectivity index (χ0v) is 13.8. The van der Waals surface area contributed by atoms with Crippen LogP contribution in [-0.4, -0.2) is 15.7 Å². The Morgan fingerprint density at radius 2 is 1.87 bits per heavy atom. The number of carbonyl (C=O) groups excluding carboxylic acids is 1. The van der Waals surface area contributed by atoms with E-state index < -0.39 is 0 Å². The second kappa shape index (κ2) is 5.93. The van der Waals surface area contributed by atoms with Crippen LogP contribution in [-0.2, 0) is 0 Å². The minimum Gasteiger partial charge on any atom is -0.466 e. The summed E-state index contributed by atoms with van der Waals surface area (Å²) >= 11 is 5.92. The lowest BCUT2D eigenvalue weighted by Crippen LogP contribution is -2.15. The first-order chi connectivity index (χ1) is 10.9. The van der Waals surface area contributed by atoms with Gasteiger partial charge in [0.2, 0.25) is 0 Å². The number of carbonyl (C=O) groups is 1. The van der Waals surface area contributed by atoms with Gasteiger partial charge in [0, 0.05) is 11.1 Å². The van der Waals surface area contributed by atoms with Crippen LogP contribution in [0.3, 0.4) is 0 Å². The number of aryl methyl sites for hydroxylation is 3. The molecule has 0 aliphatic carbocycles. The van der Waals surface area contributed by atoms with Gasteiger partial charge >= 0.3 is 0 Å². The van der Waals surface area contributed by atoms with Gasteiger partial charge in [-0.05, 0) is 51.1 Å². The number of hydrogen-bond acceptors (Lipinski definition) is 3. The van der Waals surface area contributed by atoms with Crippen molar-refractivity contribution >= 4 is 23.3 Å². The molecule has 3 aromatic rings. The van der Waals surface area contributed by atoms with E-state index in [0.29, 0.717) is 27.9 Å². The molecule has 0 atom stereocenters. The first-order valence-corrected chi connectivity index (χ1v) is 7.53. The molecule has 1 N–H and O–H groups in total. The normalized spacial score (nSPS) is 10.8. The molecule has 118 valence electrons. The molecule has 0 bridgehead atoms. The fourth-order valence-electron chi connectivity index (χ4n) is 2.41. The fraction of sp³-hybridized carbons (Fsp3) is 0.176. The second-order valence-electron chi connectivity index (χ2n) is 5.34. The van der Waals surface area contributed by atoms with E-state index >= 15 is 0 Å². The molecule has 0 saturated heterocycles. The Balaban J connectivity index is 1.93. The van der Waals surface area contributed by atoms with E-state index in [9.17, 15) is 4.79 Å². The van der Waals surface area contributed by atoms with Gasteiger partial charge < -0.3 is 9.73 Å². The number of hydrogen-bond donors (Lipinski definition) is 1. The van der Waals surface area contributed by atoms with Crippen LogP contribution in [0.2, 0.25) is 5.02 Å². The topological polar surface area (TPSA) is 60.1 Å². The number of aromatic nitrogens is 2. The Labute approximate surface area is 138 Å². The molecule has 3 rings (SSSR count). The lowest BCUT2D eigenvalue weighted by atomic mass is 10.2. The molecule has 0 radical (unpaired) electrons. The molecule has 1 amide bonds. The van der Waals surface area contributed by atoms with Crippen molar-refractivity contribution in [1.29, 1.82) is 0 Å². The summed E-state index contributed by atoms with van der Waals surface area (Å²) in [5.41, 5.74) is 2.14. The van der Waals surface area contributed by atoms with Gasteiger partial charge in [0.25, 0.3) is 5.91 Å². The summed E-state index contributed by atoms with van der Waals surface area (Å²) in [6.45, 7) is 5.45. The number of rotatable bonds is 3. The monoisotopic (exact) mass is 329 g/mol. The van der Waals surface area contributed by atoms with Crippen molar-refractivity contribution < 1.29 is 9.21 Å².